The van der Waals surface area contributed by atoms with Gasteiger partial charge in [-0.2, -0.15) is 0 Å². The summed E-state index contributed by atoms with van der Waals surface area (Å²) in [7, 11) is 1.91. The third-order valence-electron chi connectivity index (χ3n) is 4.55. The number of carbonyl (C=O) groups is 1. The Balaban J connectivity index is 1.35. The minimum atomic E-state index is 0.195. The Morgan fingerprint density at radius 2 is 2.04 bits per heavy atom. The largest absolute Gasteiger partial charge is 0.361 e. The number of amides is 1. The van der Waals surface area contributed by atoms with Crippen LogP contribution in [-0.2, 0) is 11.2 Å². The monoisotopic (exact) mass is 327 g/mol. The summed E-state index contributed by atoms with van der Waals surface area (Å²) in [5.41, 5.74) is 1.98. The van der Waals surface area contributed by atoms with Crippen LogP contribution in [0.4, 0.5) is 0 Å². The second kappa shape index (κ2) is 8.11. The highest BCUT2D eigenvalue weighted by molar-refractivity contribution is 5.79. The zero-order valence-corrected chi connectivity index (χ0v) is 14.2. The molecular weight excluding hydrogens is 302 g/mol. The van der Waals surface area contributed by atoms with E-state index in [1.807, 2.05) is 48.3 Å². The van der Waals surface area contributed by atoms with Crippen molar-refractivity contribution in [3.05, 3.63) is 42.2 Å². The van der Waals surface area contributed by atoms with Crippen molar-refractivity contribution in [1.29, 1.82) is 0 Å². The van der Waals surface area contributed by atoms with E-state index in [2.05, 4.69) is 10.5 Å². The van der Waals surface area contributed by atoms with Crippen LogP contribution in [0.15, 0.2) is 40.9 Å². The average Bonchev–Trinajstić information content (AvgIpc) is 3.02. The molecule has 24 heavy (non-hydrogen) atoms. The van der Waals surface area contributed by atoms with E-state index in [0.717, 1.165) is 62.3 Å². The van der Waals surface area contributed by atoms with Crippen LogP contribution in [0, 0.1) is 5.92 Å². The molecule has 1 amide bonds. The standard InChI is InChI=1S/C19H25N3O2/c1-22(19(23)16-13-20-14-16)11-7-3-6-10-17-12-18(21-24-17)15-8-4-2-5-9-15/h2,4-5,8-9,12,16,20H,3,6-7,10-11,13-14H2,1H3. The zero-order valence-electron chi connectivity index (χ0n) is 14.2. The molecule has 0 aliphatic carbocycles. The lowest BCUT2D eigenvalue weighted by molar-refractivity contribution is -0.135. The first-order chi connectivity index (χ1) is 11.7. The lowest BCUT2D eigenvalue weighted by Crippen LogP contribution is -2.51. The van der Waals surface area contributed by atoms with Gasteiger partial charge in [-0.3, -0.25) is 4.79 Å². The van der Waals surface area contributed by atoms with E-state index in [1.54, 1.807) is 0 Å². The number of aryl methyl sites for hydroxylation is 1. The minimum Gasteiger partial charge on any atom is -0.361 e. The molecule has 1 aromatic heterocycles. The number of unbranched alkanes of at least 4 members (excludes halogenated alkanes) is 2. The van der Waals surface area contributed by atoms with Gasteiger partial charge in [0, 0.05) is 44.7 Å². The van der Waals surface area contributed by atoms with Crippen molar-refractivity contribution in [2.24, 2.45) is 5.92 Å². The van der Waals surface area contributed by atoms with E-state index in [-0.39, 0.29) is 11.8 Å². The smallest absolute Gasteiger partial charge is 0.227 e. The summed E-state index contributed by atoms with van der Waals surface area (Å²) >= 11 is 0. The van der Waals surface area contributed by atoms with Gasteiger partial charge in [0.1, 0.15) is 11.5 Å². The maximum absolute atomic E-state index is 12.0. The molecule has 1 aromatic carbocycles. The van der Waals surface area contributed by atoms with Gasteiger partial charge in [-0.25, -0.2) is 0 Å². The molecule has 1 aliphatic rings. The van der Waals surface area contributed by atoms with Gasteiger partial charge in [-0.15, -0.1) is 0 Å². The third kappa shape index (κ3) is 4.23. The number of aromatic nitrogens is 1. The fraction of sp³-hybridized carbons (Fsp3) is 0.474. The molecule has 5 nitrogen and oxygen atoms in total. The quantitative estimate of drug-likeness (QED) is 0.758. The molecule has 0 atom stereocenters. The Morgan fingerprint density at radius 1 is 1.25 bits per heavy atom. The Hall–Kier alpha value is -2.14. The molecule has 2 aromatic rings. The zero-order chi connectivity index (χ0) is 16.8. The van der Waals surface area contributed by atoms with Gasteiger partial charge in [-0.05, 0) is 12.8 Å². The van der Waals surface area contributed by atoms with Crippen LogP contribution in [0.1, 0.15) is 25.0 Å². The number of hydrogen-bond donors (Lipinski definition) is 1. The summed E-state index contributed by atoms with van der Waals surface area (Å²) in [6.07, 6.45) is 4.06. The molecular formula is C19H25N3O2. The van der Waals surface area contributed by atoms with Gasteiger partial charge < -0.3 is 14.7 Å². The molecule has 0 unspecified atom stereocenters. The Morgan fingerprint density at radius 3 is 2.75 bits per heavy atom. The second-order valence-electron chi connectivity index (χ2n) is 6.47. The van der Waals surface area contributed by atoms with Gasteiger partial charge in [-0.1, -0.05) is 41.9 Å². The van der Waals surface area contributed by atoms with E-state index >= 15 is 0 Å². The first-order valence-corrected chi connectivity index (χ1v) is 8.71. The van der Waals surface area contributed by atoms with Crippen molar-refractivity contribution in [3.63, 3.8) is 0 Å². The number of rotatable bonds is 8. The normalized spacial score (nSPS) is 14.4. The molecule has 1 N–H and O–H groups in total. The fourth-order valence-electron chi connectivity index (χ4n) is 2.89. The number of carbonyl (C=O) groups excluding carboxylic acids is 1. The average molecular weight is 327 g/mol. The summed E-state index contributed by atoms with van der Waals surface area (Å²) in [5, 5.41) is 7.28. The molecule has 1 saturated heterocycles. The van der Waals surface area contributed by atoms with Gasteiger partial charge in [0.25, 0.3) is 0 Å². The molecule has 2 heterocycles. The molecule has 0 spiro atoms. The van der Waals surface area contributed by atoms with Crippen LogP contribution >= 0.6 is 0 Å². The van der Waals surface area contributed by atoms with Crippen molar-refractivity contribution >= 4 is 5.91 Å². The molecule has 5 heteroatoms. The predicted molar refractivity (Wildman–Crippen MR) is 93.5 cm³/mol. The van der Waals surface area contributed by atoms with Crippen LogP contribution in [0.25, 0.3) is 11.3 Å². The maximum Gasteiger partial charge on any atom is 0.227 e. The van der Waals surface area contributed by atoms with E-state index in [0.29, 0.717) is 0 Å². The lowest BCUT2D eigenvalue weighted by Gasteiger charge is -2.30. The minimum absolute atomic E-state index is 0.195. The number of nitrogens with zero attached hydrogens (tertiary/aromatic N) is 2. The first-order valence-electron chi connectivity index (χ1n) is 8.71. The first kappa shape index (κ1) is 16.7. The Kier molecular flexibility index (Phi) is 5.64. The summed E-state index contributed by atoms with van der Waals surface area (Å²) in [5.74, 6) is 1.40. The van der Waals surface area contributed by atoms with Gasteiger partial charge >= 0.3 is 0 Å². The van der Waals surface area contributed by atoms with E-state index in [1.165, 1.54) is 0 Å². The Labute approximate surface area is 143 Å². The van der Waals surface area contributed by atoms with Crippen molar-refractivity contribution in [2.45, 2.75) is 25.7 Å². The highest BCUT2D eigenvalue weighted by Crippen LogP contribution is 2.19. The maximum atomic E-state index is 12.0. The molecule has 0 bridgehead atoms. The molecule has 1 fully saturated rings. The van der Waals surface area contributed by atoms with E-state index < -0.39 is 0 Å². The van der Waals surface area contributed by atoms with Crippen LogP contribution in [0.5, 0.6) is 0 Å². The van der Waals surface area contributed by atoms with Crippen molar-refractivity contribution in [1.82, 2.24) is 15.4 Å². The number of benzene rings is 1. The predicted octanol–water partition coefficient (Wildman–Crippen LogP) is 2.73. The topological polar surface area (TPSA) is 58.4 Å². The van der Waals surface area contributed by atoms with E-state index in [4.69, 9.17) is 4.52 Å². The fourth-order valence-corrected chi connectivity index (χ4v) is 2.89. The van der Waals surface area contributed by atoms with Crippen molar-refractivity contribution in [2.75, 3.05) is 26.7 Å². The Bertz CT molecular complexity index is 650. The van der Waals surface area contributed by atoms with E-state index in [9.17, 15) is 4.79 Å². The SMILES string of the molecule is CN(CCCCCc1cc(-c2ccccc2)no1)C(=O)C1CNC1. The van der Waals surface area contributed by atoms with Gasteiger partial charge in [0.05, 0.1) is 5.92 Å². The highest BCUT2D eigenvalue weighted by Gasteiger charge is 2.27. The van der Waals surface area contributed by atoms with Crippen LogP contribution in [0.3, 0.4) is 0 Å². The molecule has 3 rings (SSSR count). The van der Waals surface area contributed by atoms with Crippen molar-refractivity contribution < 1.29 is 9.32 Å². The number of hydrogen-bond acceptors (Lipinski definition) is 4. The summed E-state index contributed by atoms with van der Waals surface area (Å²) in [6, 6.07) is 12.1. The van der Waals surface area contributed by atoms with Crippen LogP contribution < -0.4 is 5.32 Å². The molecule has 1 aliphatic heterocycles. The number of nitrogens with one attached hydrogen (secondary N) is 1. The summed E-state index contributed by atoms with van der Waals surface area (Å²) in [6.45, 7) is 2.50. The van der Waals surface area contributed by atoms with Crippen LogP contribution in [0.2, 0.25) is 0 Å². The highest BCUT2D eigenvalue weighted by atomic mass is 16.5. The third-order valence-corrected chi connectivity index (χ3v) is 4.55. The molecule has 128 valence electrons. The van der Waals surface area contributed by atoms with Gasteiger partial charge in [0.2, 0.25) is 5.91 Å². The summed E-state index contributed by atoms with van der Waals surface area (Å²) < 4.78 is 5.42. The lowest BCUT2D eigenvalue weighted by atomic mass is 10.0. The van der Waals surface area contributed by atoms with Gasteiger partial charge in [0.15, 0.2) is 0 Å². The molecule has 0 saturated carbocycles. The van der Waals surface area contributed by atoms with Crippen LogP contribution in [-0.4, -0.2) is 42.6 Å². The second-order valence-corrected chi connectivity index (χ2v) is 6.47. The van der Waals surface area contributed by atoms with Crippen molar-refractivity contribution in [3.8, 4) is 11.3 Å². The molecule has 0 radical (unpaired) electrons. The summed E-state index contributed by atoms with van der Waals surface area (Å²) in [4.78, 5) is 13.9.